The molecule has 0 saturated heterocycles. The number of nitrogens with two attached hydrogens (primary N) is 1. The van der Waals surface area contributed by atoms with Crippen LogP contribution in [0.15, 0.2) is 54.6 Å². The van der Waals surface area contributed by atoms with Crippen molar-refractivity contribution in [3.63, 3.8) is 0 Å². The molecule has 1 amide bonds. The summed E-state index contributed by atoms with van der Waals surface area (Å²) in [7, 11) is 0. The average Bonchev–Trinajstić information content (AvgIpc) is 2.53. The van der Waals surface area contributed by atoms with Gasteiger partial charge in [0, 0.05) is 0 Å². The summed E-state index contributed by atoms with van der Waals surface area (Å²) in [5.74, 6) is -0.550. The lowest BCUT2D eigenvalue weighted by Crippen LogP contribution is -2.42. The molecule has 0 saturated carbocycles. The lowest BCUT2D eigenvalue weighted by atomic mass is 9.98. The van der Waals surface area contributed by atoms with Crippen molar-refractivity contribution in [2.24, 2.45) is 5.73 Å². The monoisotopic (exact) mass is 336 g/mol. The van der Waals surface area contributed by atoms with Gasteiger partial charge in [-0.05, 0) is 29.7 Å². The van der Waals surface area contributed by atoms with E-state index in [9.17, 15) is 9.18 Å². The Labute approximate surface area is 142 Å². The average molecular weight is 337 g/mol. The lowest BCUT2D eigenvalue weighted by molar-refractivity contribution is -0.123. The van der Waals surface area contributed by atoms with Gasteiger partial charge in [0.1, 0.15) is 5.82 Å². The number of nitrogens with one attached hydrogen (secondary N) is 1. The summed E-state index contributed by atoms with van der Waals surface area (Å²) in [6.07, 6.45) is 1.46. The van der Waals surface area contributed by atoms with Crippen LogP contribution in [0.1, 0.15) is 36.9 Å². The second kappa shape index (κ2) is 9.28. The highest BCUT2D eigenvalue weighted by Crippen LogP contribution is 2.22. The van der Waals surface area contributed by atoms with E-state index in [1.807, 2.05) is 37.3 Å². The molecule has 0 aliphatic carbocycles. The van der Waals surface area contributed by atoms with Crippen LogP contribution in [0.25, 0.3) is 0 Å². The van der Waals surface area contributed by atoms with Crippen LogP contribution in [0.5, 0.6) is 0 Å². The van der Waals surface area contributed by atoms with Crippen molar-refractivity contribution in [3.05, 3.63) is 71.5 Å². The van der Waals surface area contributed by atoms with Crippen LogP contribution in [0.3, 0.4) is 0 Å². The first-order valence-electron chi connectivity index (χ1n) is 7.48. The van der Waals surface area contributed by atoms with Crippen molar-refractivity contribution in [2.75, 3.05) is 0 Å². The van der Waals surface area contributed by atoms with E-state index in [0.29, 0.717) is 12.0 Å². The van der Waals surface area contributed by atoms with E-state index in [1.165, 1.54) is 12.1 Å². The fourth-order valence-electron chi connectivity index (χ4n) is 2.38. The van der Waals surface area contributed by atoms with E-state index in [0.717, 1.165) is 12.0 Å². The molecule has 3 N–H and O–H groups in total. The van der Waals surface area contributed by atoms with E-state index in [2.05, 4.69) is 5.32 Å². The molecule has 0 fully saturated rings. The van der Waals surface area contributed by atoms with Gasteiger partial charge >= 0.3 is 0 Å². The number of amides is 1. The number of benzene rings is 2. The molecule has 3 nitrogen and oxygen atoms in total. The van der Waals surface area contributed by atoms with Crippen LogP contribution in [-0.4, -0.2) is 11.9 Å². The molecule has 0 bridgehead atoms. The predicted octanol–water partition coefficient (Wildman–Crippen LogP) is 3.58. The predicted molar refractivity (Wildman–Crippen MR) is 93.0 cm³/mol. The van der Waals surface area contributed by atoms with E-state index in [-0.39, 0.29) is 24.1 Å². The highest BCUT2D eigenvalue weighted by molar-refractivity contribution is 5.85. The third-order valence-corrected chi connectivity index (χ3v) is 3.54. The first kappa shape index (κ1) is 19.1. The molecule has 0 aromatic heterocycles. The summed E-state index contributed by atoms with van der Waals surface area (Å²) >= 11 is 0. The van der Waals surface area contributed by atoms with Gasteiger partial charge in [-0.1, -0.05) is 55.8 Å². The highest BCUT2D eigenvalue weighted by atomic mass is 35.5. The van der Waals surface area contributed by atoms with Gasteiger partial charge in [0.25, 0.3) is 0 Å². The summed E-state index contributed by atoms with van der Waals surface area (Å²) in [6.45, 7) is 1.98. The Hall–Kier alpha value is -1.91. The molecule has 2 atom stereocenters. The van der Waals surface area contributed by atoms with Gasteiger partial charge in [-0.15, -0.1) is 12.4 Å². The molecule has 2 aromatic rings. The summed E-state index contributed by atoms with van der Waals surface area (Å²) in [4.78, 5) is 12.2. The smallest absolute Gasteiger partial charge is 0.237 e. The molecule has 0 radical (unpaired) electrons. The molecule has 2 aromatic carbocycles. The Kier molecular flexibility index (Phi) is 7.72. The zero-order chi connectivity index (χ0) is 15.9. The maximum atomic E-state index is 13.5. The molecule has 124 valence electrons. The first-order valence-corrected chi connectivity index (χ1v) is 7.48. The molecule has 5 heteroatoms. The van der Waals surface area contributed by atoms with Crippen LogP contribution in [-0.2, 0) is 4.79 Å². The topological polar surface area (TPSA) is 55.1 Å². The first-order chi connectivity index (χ1) is 10.6. The number of halogens is 2. The minimum absolute atomic E-state index is 0. The second-order valence-corrected chi connectivity index (χ2v) is 5.30. The minimum Gasteiger partial charge on any atom is -0.344 e. The van der Waals surface area contributed by atoms with Crippen molar-refractivity contribution in [3.8, 4) is 0 Å². The number of hydrogen-bond acceptors (Lipinski definition) is 2. The number of carbonyl (C=O) groups is 1. The van der Waals surface area contributed by atoms with Crippen LogP contribution in [0, 0.1) is 5.82 Å². The molecular weight excluding hydrogens is 315 g/mol. The van der Waals surface area contributed by atoms with E-state index < -0.39 is 12.1 Å². The quantitative estimate of drug-likeness (QED) is 0.847. The largest absolute Gasteiger partial charge is 0.344 e. The summed E-state index contributed by atoms with van der Waals surface area (Å²) in [6, 6.07) is 14.8. The number of carbonyl (C=O) groups excluding carboxylic acids is 1. The van der Waals surface area contributed by atoms with Crippen molar-refractivity contribution in [2.45, 2.75) is 31.8 Å². The minimum atomic E-state index is -0.551. The van der Waals surface area contributed by atoms with Gasteiger partial charge in [0.05, 0.1) is 12.1 Å². The van der Waals surface area contributed by atoms with Crippen LogP contribution >= 0.6 is 12.4 Å². The Balaban J connectivity index is 0.00000264. The summed E-state index contributed by atoms with van der Waals surface area (Å²) < 4.78 is 13.5. The fourth-order valence-corrected chi connectivity index (χ4v) is 2.38. The molecular formula is C18H22ClFN2O. The molecule has 0 aliphatic rings. The highest BCUT2D eigenvalue weighted by Gasteiger charge is 2.20. The standard InChI is InChI=1S/C18H21FN2O.ClH/c1-2-7-16(20)18(22)21-17(13-8-4-3-5-9-13)14-10-6-11-15(19)12-14;/h3-6,8-12,16-17H,2,7,20H2,1H3,(H,21,22);1H. The maximum absolute atomic E-state index is 13.5. The normalized spacial score (nSPS) is 12.8. The Bertz CT molecular complexity index is 621. The van der Waals surface area contributed by atoms with E-state index >= 15 is 0 Å². The molecule has 0 spiro atoms. The lowest BCUT2D eigenvalue weighted by Gasteiger charge is -2.22. The fraction of sp³-hybridized carbons (Fsp3) is 0.278. The summed E-state index contributed by atoms with van der Waals surface area (Å²) in [5, 5.41) is 2.93. The maximum Gasteiger partial charge on any atom is 0.237 e. The third-order valence-electron chi connectivity index (χ3n) is 3.54. The Morgan fingerprint density at radius 1 is 1.13 bits per heavy atom. The van der Waals surface area contributed by atoms with Gasteiger partial charge in [-0.3, -0.25) is 4.79 Å². The Morgan fingerprint density at radius 2 is 1.78 bits per heavy atom. The van der Waals surface area contributed by atoms with Crippen LogP contribution in [0.4, 0.5) is 4.39 Å². The van der Waals surface area contributed by atoms with Gasteiger partial charge < -0.3 is 11.1 Å². The van der Waals surface area contributed by atoms with Gasteiger partial charge in [0.2, 0.25) is 5.91 Å². The third kappa shape index (κ3) is 5.34. The van der Waals surface area contributed by atoms with E-state index in [4.69, 9.17) is 5.73 Å². The second-order valence-electron chi connectivity index (χ2n) is 5.30. The summed E-state index contributed by atoms with van der Waals surface area (Å²) in [5.41, 5.74) is 7.47. The van der Waals surface area contributed by atoms with Crippen molar-refractivity contribution >= 4 is 18.3 Å². The van der Waals surface area contributed by atoms with Crippen LogP contribution < -0.4 is 11.1 Å². The Morgan fingerprint density at radius 3 is 2.39 bits per heavy atom. The van der Waals surface area contributed by atoms with Gasteiger partial charge in [-0.25, -0.2) is 4.39 Å². The van der Waals surface area contributed by atoms with Crippen molar-refractivity contribution < 1.29 is 9.18 Å². The molecule has 0 aliphatic heterocycles. The molecule has 23 heavy (non-hydrogen) atoms. The van der Waals surface area contributed by atoms with Gasteiger partial charge in [-0.2, -0.15) is 0 Å². The van der Waals surface area contributed by atoms with Crippen molar-refractivity contribution in [1.82, 2.24) is 5.32 Å². The van der Waals surface area contributed by atoms with Crippen molar-refractivity contribution in [1.29, 1.82) is 0 Å². The molecule has 2 unspecified atom stereocenters. The zero-order valence-electron chi connectivity index (χ0n) is 13.0. The van der Waals surface area contributed by atoms with Crippen LogP contribution in [0.2, 0.25) is 0 Å². The van der Waals surface area contributed by atoms with E-state index in [1.54, 1.807) is 12.1 Å². The number of hydrogen-bond donors (Lipinski definition) is 2. The zero-order valence-corrected chi connectivity index (χ0v) is 13.9. The van der Waals surface area contributed by atoms with Gasteiger partial charge in [0.15, 0.2) is 0 Å². The molecule has 2 rings (SSSR count). The number of rotatable bonds is 6. The molecule has 0 heterocycles. The SMILES string of the molecule is CCCC(N)C(=O)NC(c1ccccc1)c1cccc(F)c1.Cl.